The van der Waals surface area contributed by atoms with Crippen LogP contribution in [-0.2, 0) is 6.61 Å². The van der Waals surface area contributed by atoms with Gasteiger partial charge >= 0.3 is 5.97 Å². The van der Waals surface area contributed by atoms with Crippen LogP contribution in [0.2, 0.25) is 5.02 Å². The van der Waals surface area contributed by atoms with Crippen LogP contribution in [0.5, 0.6) is 5.75 Å². The zero-order valence-electron chi connectivity index (χ0n) is 18.0. The molecule has 8 heteroatoms. The van der Waals surface area contributed by atoms with Crippen molar-refractivity contribution in [2.45, 2.75) is 12.6 Å². The van der Waals surface area contributed by atoms with E-state index < -0.39 is 5.97 Å². The summed E-state index contributed by atoms with van der Waals surface area (Å²) in [5.74, 6) is -0.154. The normalized spacial score (nSPS) is 11.8. The quantitative estimate of drug-likeness (QED) is 0.324. The van der Waals surface area contributed by atoms with Crippen molar-refractivity contribution in [1.82, 2.24) is 15.3 Å². The molecule has 1 aromatic heterocycles. The highest BCUT2D eigenvalue weighted by atomic mass is 35.5. The van der Waals surface area contributed by atoms with Crippen molar-refractivity contribution >= 4 is 34.3 Å². The number of hydrogen-bond acceptors (Lipinski definition) is 6. The fourth-order valence-corrected chi connectivity index (χ4v) is 3.79. The van der Waals surface area contributed by atoms with Crippen molar-refractivity contribution < 1.29 is 14.6 Å². The van der Waals surface area contributed by atoms with Gasteiger partial charge in [-0.2, -0.15) is 0 Å². The molecule has 0 aliphatic rings. The average molecular weight is 463 g/mol. The summed E-state index contributed by atoms with van der Waals surface area (Å²) < 4.78 is 5.92. The van der Waals surface area contributed by atoms with Crippen LogP contribution in [0, 0.1) is 0 Å². The number of rotatable bonds is 9. The molecule has 1 heterocycles. The Hall–Kier alpha value is -3.68. The third-order valence-electron chi connectivity index (χ3n) is 5.16. The number of carboxylic acids is 1. The van der Waals surface area contributed by atoms with Gasteiger partial charge in [-0.25, -0.2) is 14.8 Å². The van der Waals surface area contributed by atoms with E-state index in [1.54, 1.807) is 6.07 Å². The molecule has 4 aromatic rings. The second-order valence-electron chi connectivity index (χ2n) is 7.48. The van der Waals surface area contributed by atoms with Crippen LogP contribution < -0.4 is 15.4 Å². The first-order chi connectivity index (χ1) is 16.0. The Labute approximate surface area is 196 Å². The molecule has 0 saturated carbocycles. The minimum Gasteiger partial charge on any atom is -0.489 e. The molecule has 0 fully saturated rings. The van der Waals surface area contributed by atoms with Gasteiger partial charge < -0.3 is 20.5 Å². The maximum absolute atomic E-state index is 12.0. The lowest BCUT2D eigenvalue weighted by Gasteiger charge is -2.21. The number of aromatic carboxylic acids is 1. The molecule has 7 nitrogen and oxygen atoms in total. The first-order valence-electron chi connectivity index (χ1n) is 10.4. The Bertz CT molecular complexity index is 1270. The first-order valence-corrected chi connectivity index (χ1v) is 10.8. The minimum absolute atomic E-state index is 0.0499. The smallest absolute Gasteiger partial charge is 0.338 e. The topological polar surface area (TPSA) is 96.4 Å². The van der Waals surface area contributed by atoms with Crippen molar-refractivity contribution in [3.05, 3.63) is 94.8 Å². The maximum atomic E-state index is 12.0. The number of aromatic nitrogens is 2. The number of anilines is 1. The number of nitrogens with zero attached hydrogens (tertiary/aromatic N) is 2. The Morgan fingerprint density at radius 3 is 2.64 bits per heavy atom. The predicted molar refractivity (Wildman–Crippen MR) is 129 cm³/mol. The average Bonchev–Trinajstić information content (AvgIpc) is 2.83. The van der Waals surface area contributed by atoms with Crippen molar-refractivity contribution in [1.29, 1.82) is 0 Å². The maximum Gasteiger partial charge on any atom is 0.338 e. The van der Waals surface area contributed by atoms with Gasteiger partial charge in [0.1, 0.15) is 24.5 Å². The van der Waals surface area contributed by atoms with Gasteiger partial charge in [0.15, 0.2) is 0 Å². The first kappa shape index (κ1) is 22.5. The fraction of sp³-hybridized carbons (Fsp3) is 0.160. The fourth-order valence-electron chi connectivity index (χ4n) is 3.59. The van der Waals surface area contributed by atoms with Gasteiger partial charge in [-0.3, -0.25) is 0 Å². The highest BCUT2D eigenvalue weighted by Crippen LogP contribution is 2.31. The molecule has 0 radical (unpaired) electrons. The molecule has 0 aliphatic carbocycles. The van der Waals surface area contributed by atoms with Gasteiger partial charge in [-0.05, 0) is 42.4 Å². The van der Waals surface area contributed by atoms with Crippen molar-refractivity contribution in [3.63, 3.8) is 0 Å². The summed E-state index contributed by atoms with van der Waals surface area (Å²) in [5, 5.41) is 17.6. The third-order valence-corrected chi connectivity index (χ3v) is 5.40. The Kier molecular flexibility index (Phi) is 7.02. The van der Waals surface area contributed by atoms with Gasteiger partial charge in [-0.1, -0.05) is 54.1 Å². The van der Waals surface area contributed by atoms with E-state index in [4.69, 9.17) is 16.3 Å². The Morgan fingerprint density at radius 1 is 1.09 bits per heavy atom. The lowest BCUT2D eigenvalue weighted by atomic mass is 10.1. The molecule has 0 saturated heterocycles. The van der Waals surface area contributed by atoms with Gasteiger partial charge in [-0.15, -0.1) is 0 Å². The molecule has 1 atom stereocenters. The van der Waals surface area contributed by atoms with E-state index in [2.05, 4.69) is 20.6 Å². The highest BCUT2D eigenvalue weighted by Gasteiger charge is 2.18. The van der Waals surface area contributed by atoms with E-state index in [9.17, 15) is 9.90 Å². The number of nitrogens with one attached hydrogen (secondary N) is 2. The zero-order valence-corrected chi connectivity index (χ0v) is 18.7. The Morgan fingerprint density at radius 2 is 1.91 bits per heavy atom. The molecule has 0 aliphatic heterocycles. The SMILES string of the molecule is CNCC(Nc1ncnc2c(C(=O)O)cc(OCc3ccccc3)cc12)c1cccc(Cl)c1. The van der Waals surface area contributed by atoms with Gasteiger partial charge in [0.25, 0.3) is 0 Å². The van der Waals surface area contributed by atoms with Crippen LogP contribution in [-0.4, -0.2) is 34.6 Å². The highest BCUT2D eigenvalue weighted by molar-refractivity contribution is 6.30. The van der Waals surface area contributed by atoms with Gasteiger partial charge in [0.2, 0.25) is 0 Å². The van der Waals surface area contributed by atoms with Crippen LogP contribution in [0.25, 0.3) is 10.9 Å². The number of carboxylic acid groups (broad SMARTS) is 1. The number of carbonyl (C=O) groups is 1. The predicted octanol–water partition coefficient (Wildman–Crippen LogP) is 4.93. The molecule has 0 spiro atoms. The Balaban J connectivity index is 1.72. The number of halogens is 1. The number of likely N-dealkylation sites (N-methyl/N-ethyl adjacent to an activating group) is 1. The summed E-state index contributed by atoms with van der Waals surface area (Å²) in [5.41, 5.74) is 2.33. The van der Waals surface area contributed by atoms with Crippen LogP contribution in [0.3, 0.4) is 0 Å². The molecule has 4 rings (SSSR count). The summed E-state index contributed by atoms with van der Waals surface area (Å²) in [6.07, 6.45) is 1.36. The molecule has 1 unspecified atom stereocenters. The molecule has 0 amide bonds. The van der Waals surface area contributed by atoms with Crippen LogP contribution in [0.15, 0.2) is 73.1 Å². The van der Waals surface area contributed by atoms with E-state index in [-0.39, 0.29) is 11.6 Å². The van der Waals surface area contributed by atoms with E-state index in [1.165, 1.54) is 12.4 Å². The van der Waals surface area contributed by atoms with Crippen LogP contribution in [0.1, 0.15) is 27.5 Å². The number of fused-ring (bicyclic) bond motifs is 1. The summed E-state index contributed by atoms with van der Waals surface area (Å²) in [7, 11) is 1.86. The minimum atomic E-state index is -1.09. The van der Waals surface area contributed by atoms with Gasteiger partial charge in [0, 0.05) is 17.0 Å². The monoisotopic (exact) mass is 462 g/mol. The van der Waals surface area contributed by atoms with E-state index in [0.29, 0.717) is 40.6 Å². The third kappa shape index (κ3) is 5.39. The molecular formula is C25H23ClN4O3. The second kappa shape index (κ2) is 10.3. The van der Waals surface area contributed by atoms with Crippen LogP contribution in [0.4, 0.5) is 5.82 Å². The summed E-state index contributed by atoms with van der Waals surface area (Å²) in [6, 6.07) is 20.3. The molecular weight excluding hydrogens is 440 g/mol. The number of benzene rings is 3. The summed E-state index contributed by atoms with van der Waals surface area (Å²) in [4.78, 5) is 20.6. The largest absolute Gasteiger partial charge is 0.489 e. The zero-order chi connectivity index (χ0) is 23.2. The lowest BCUT2D eigenvalue weighted by molar-refractivity contribution is 0.0698. The van der Waals surface area contributed by atoms with Crippen molar-refractivity contribution in [2.24, 2.45) is 0 Å². The van der Waals surface area contributed by atoms with E-state index in [0.717, 1.165) is 11.1 Å². The second-order valence-corrected chi connectivity index (χ2v) is 7.91. The summed E-state index contributed by atoms with van der Waals surface area (Å²) in [6.45, 7) is 0.911. The lowest BCUT2D eigenvalue weighted by Crippen LogP contribution is -2.24. The molecule has 33 heavy (non-hydrogen) atoms. The van der Waals surface area contributed by atoms with Crippen molar-refractivity contribution in [2.75, 3.05) is 18.9 Å². The van der Waals surface area contributed by atoms with E-state index >= 15 is 0 Å². The van der Waals surface area contributed by atoms with Crippen LogP contribution >= 0.6 is 11.6 Å². The number of ether oxygens (including phenoxy) is 1. The molecule has 3 aromatic carbocycles. The molecule has 168 valence electrons. The standard InChI is InChI=1S/C25H23ClN4O3/c1-27-13-22(17-8-5-9-18(26)10-17)30-24-20-11-19(33-14-16-6-3-2-4-7-16)12-21(25(31)32)23(20)28-15-29-24/h2-12,15,22,27H,13-14H2,1H3,(H,31,32)(H,28,29,30). The summed E-state index contributed by atoms with van der Waals surface area (Å²) >= 11 is 6.19. The van der Waals surface area contributed by atoms with E-state index in [1.807, 2.05) is 61.6 Å². The van der Waals surface area contributed by atoms with Crippen molar-refractivity contribution in [3.8, 4) is 5.75 Å². The number of hydrogen-bond donors (Lipinski definition) is 3. The van der Waals surface area contributed by atoms with Gasteiger partial charge in [0.05, 0.1) is 17.1 Å². The molecule has 3 N–H and O–H groups in total. The molecule has 0 bridgehead atoms.